The molecule has 0 aromatic rings. The van der Waals surface area contributed by atoms with Gasteiger partial charge in [0.1, 0.15) is 6.17 Å². The van der Waals surface area contributed by atoms with Crippen molar-refractivity contribution in [1.82, 2.24) is 0 Å². The van der Waals surface area contributed by atoms with Crippen molar-refractivity contribution in [3.8, 4) is 0 Å². The second-order valence-electron chi connectivity index (χ2n) is 2.59. The van der Waals surface area contributed by atoms with Crippen molar-refractivity contribution in [2.75, 3.05) is 7.11 Å². The monoisotopic (exact) mass is 158 g/mol. The van der Waals surface area contributed by atoms with Gasteiger partial charge in [-0.25, -0.2) is 9.18 Å². The van der Waals surface area contributed by atoms with Crippen LogP contribution < -0.4 is 0 Å². The van der Waals surface area contributed by atoms with E-state index < -0.39 is 6.17 Å². The van der Waals surface area contributed by atoms with E-state index in [9.17, 15) is 9.18 Å². The van der Waals surface area contributed by atoms with Crippen LogP contribution in [0.4, 0.5) is 4.39 Å². The Labute approximate surface area is 65.0 Å². The number of carbonyl (C=O) groups is 1. The lowest BCUT2D eigenvalue weighted by molar-refractivity contribution is -0.136. The Balaban J connectivity index is 2.54. The van der Waals surface area contributed by atoms with Gasteiger partial charge in [0.05, 0.1) is 7.11 Å². The minimum Gasteiger partial charge on any atom is -0.466 e. The number of ether oxygens (including phenoxy) is 1. The Kier molecular flexibility index (Phi) is 2.63. The van der Waals surface area contributed by atoms with E-state index in [0.717, 1.165) is 0 Å². The number of halogens is 1. The van der Waals surface area contributed by atoms with Gasteiger partial charge >= 0.3 is 5.97 Å². The molecule has 0 aromatic carbocycles. The first-order chi connectivity index (χ1) is 5.24. The Bertz CT molecular complexity index is 187. The number of hydrogen-bond acceptors (Lipinski definition) is 2. The van der Waals surface area contributed by atoms with E-state index in [1.165, 1.54) is 7.11 Å². The van der Waals surface area contributed by atoms with Crippen LogP contribution in [0.15, 0.2) is 11.6 Å². The van der Waals surface area contributed by atoms with E-state index in [-0.39, 0.29) is 5.97 Å². The molecule has 11 heavy (non-hydrogen) atoms. The largest absolute Gasteiger partial charge is 0.466 e. The zero-order valence-corrected chi connectivity index (χ0v) is 6.47. The molecule has 0 spiro atoms. The van der Waals surface area contributed by atoms with Gasteiger partial charge in [-0.05, 0) is 19.3 Å². The highest BCUT2D eigenvalue weighted by molar-refractivity contribution is 5.88. The first-order valence-electron chi connectivity index (χ1n) is 3.65. The van der Waals surface area contributed by atoms with Gasteiger partial charge in [0, 0.05) is 5.57 Å². The van der Waals surface area contributed by atoms with Crippen molar-refractivity contribution < 1.29 is 13.9 Å². The molecule has 1 aliphatic rings. The van der Waals surface area contributed by atoms with Crippen LogP contribution in [-0.4, -0.2) is 19.3 Å². The molecule has 1 atom stereocenters. The number of methoxy groups -OCH3 is 1. The van der Waals surface area contributed by atoms with Crippen LogP contribution in [0.2, 0.25) is 0 Å². The third-order valence-electron chi connectivity index (χ3n) is 1.79. The lowest BCUT2D eigenvalue weighted by Gasteiger charge is -2.13. The summed E-state index contributed by atoms with van der Waals surface area (Å²) in [5.41, 5.74) is 0.612. The molecule has 0 amide bonds. The Morgan fingerprint density at radius 1 is 1.82 bits per heavy atom. The minimum atomic E-state index is -0.775. The van der Waals surface area contributed by atoms with Gasteiger partial charge in [0.15, 0.2) is 0 Å². The normalized spacial score (nSPS) is 24.2. The maximum Gasteiger partial charge on any atom is 0.333 e. The first-order valence-corrected chi connectivity index (χ1v) is 3.65. The number of carbonyl (C=O) groups excluding carboxylic acids is 1. The van der Waals surface area contributed by atoms with Crippen LogP contribution in [0.5, 0.6) is 0 Å². The van der Waals surface area contributed by atoms with Crippen LogP contribution in [0.1, 0.15) is 19.3 Å². The number of hydrogen-bond donors (Lipinski definition) is 0. The maximum absolute atomic E-state index is 12.5. The number of alkyl halides is 1. The van der Waals surface area contributed by atoms with E-state index in [4.69, 9.17) is 0 Å². The van der Waals surface area contributed by atoms with Crippen molar-refractivity contribution >= 4 is 5.97 Å². The van der Waals surface area contributed by atoms with Gasteiger partial charge in [-0.15, -0.1) is 0 Å². The molecule has 0 aromatic heterocycles. The summed E-state index contributed by atoms with van der Waals surface area (Å²) in [5, 5.41) is 0. The maximum atomic E-state index is 12.5. The molecule has 1 rings (SSSR count). The van der Waals surface area contributed by atoms with Gasteiger partial charge in [-0.3, -0.25) is 0 Å². The summed E-state index contributed by atoms with van der Waals surface area (Å²) in [5.74, 6) is -0.322. The van der Waals surface area contributed by atoms with E-state index in [1.807, 2.05) is 0 Å². The van der Waals surface area contributed by atoms with Crippen LogP contribution in [0.25, 0.3) is 0 Å². The molecule has 62 valence electrons. The summed E-state index contributed by atoms with van der Waals surface area (Å²) in [6.07, 6.45) is 2.16. The predicted octanol–water partition coefficient (Wildman–Crippen LogP) is 1.61. The van der Waals surface area contributed by atoms with E-state index in [1.54, 1.807) is 6.08 Å². The van der Waals surface area contributed by atoms with Crippen LogP contribution in [0.3, 0.4) is 0 Å². The number of allylic oxidation sites excluding steroid dienone is 1. The van der Waals surface area contributed by atoms with Gasteiger partial charge in [0.2, 0.25) is 0 Å². The highest BCUT2D eigenvalue weighted by Crippen LogP contribution is 2.20. The molecule has 0 N–H and O–H groups in total. The molecule has 2 nitrogen and oxygen atoms in total. The molecular weight excluding hydrogens is 147 g/mol. The highest BCUT2D eigenvalue weighted by Gasteiger charge is 2.17. The second-order valence-corrected chi connectivity index (χ2v) is 2.59. The average molecular weight is 158 g/mol. The summed E-state index contributed by atoms with van der Waals surface area (Å²) in [6, 6.07) is 0. The van der Waals surface area contributed by atoms with Crippen molar-refractivity contribution in [3.63, 3.8) is 0 Å². The van der Waals surface area contributed by atoms with Gasteiger partial charge in [-0.2, -0.15) is 0 Å². The summed E-state index contributed by atoms with van der Waals surface area (Å²) in [7, 11) is 1.34. The smallest absolute Gasteiger partial charge is 0.333 e. The molecule has 0 bridgehead atoms. The Morgan fingerprint density at radius 3 is 3.00 bits per heavy atom. The van der Waals surface area contributed by atoms with Gasteiger partial charge in [-0.1, -0.05) is 6.08 Å². The lowest BCUT2D eigenvalue weighted by atomic mass is 9.98. The fourth-order valence-corrected chi connectivity index (χ4v) is 1.12. The topological polar surface area (TPSA) is 26.3 Å². The SMILES string of the molecule is COC(=O)C1=CCC(F)CC1. The van der Waals surface area contributed by atoms with Crippen molar-refractivity contribution in [2.45, 2.75) is 25.4 Å². The third kappa shape index (κ3) is 2.03. The van der Waals surface area contributed by atoms with Crippen LogP contribution in [0, 0.1) is 0 Å². The summed E-state index contributed by atoms with van der Waals surface area (Å²) in [4.78, 5) is 10.9. The Hall–Kier alpha value is -0.860. The summed E-state index contributed by atoms with van der Waals surface area (Å²) < 4.78 is 17.0. The molecule has 1 aliphatic carbocycles. The molecule has 0 radical (unpaired) electrons. The second kappa shape index (κ2) is 3.51. The van der Waals surface area contributed by atoms with E-state index >= 15 is 0 Å². The standard InChI is InChI=1S/C8H11FO2/c1-11-8(10)6-2-4-7(9)5-3-6/h2,7H,3-5H2,1H3. The van der Waals surface area contributed by atoms with Crippen molar-refractivity contribution in [1.29, 1.82) is 0 Å². The number of rotatable bonds is 1. The fourth-order valence-electron chi connectivity index (χ4n) is 1.12. The fraction of sp³-hybridized carbons (Fsp3) is 0.625. The predicted molar refractivity (Wildman–Crippen MR) is 38.8 cm³/mol. The molecule has 0 saturated heterocycles. The number of esters is 1. The zero-order valence-electron chi connectivity index (χ0n) is 6.47. The molecule has 0 saturated carbocycles. The van der Waals surface area contributed by atoms with Crippen LogP contribution >= 0.6 is 0 Å². The molecule has 3 heteroatoms. The van der Waals surface area contributed by atoms with Gasteiger partial charge in [0.25, 0.3) is 0 Å². The molecule has 0 fully saturated rings. The molecular formula is C8H11FO2. The first kappa shape index (κ1) is 8.24. The molecule has 0 heterocycles. The molecule has 0 aliphatic heterocycles. The van der Waals surface area contributed by atoms with Crippen molar-refractivity contribution in [3.05, 3.63) is 11.6 Å². The zero-order chi connectivity index (χ0) is 8.27. The van der Waals surface area contributed by atoms with E-state index in [2.05, 4.69) is 4.74 Å². The third-order valence-corrected chi connectivity index (χ3v) is 1.79. The quantitative estimate of drug-likeness (QED) is 0.542. The Morgan fingerprint density at radius 2 is 2.55 bits per heavy atom. The minimum absolute atomic E-state index is 0.322. The lowest BCUT2D eigenvalue weighted by Crippen LogP contribution is -2.12. The summed E-state index contributed by atoms with van der Waals surface area (Å²) in [6.45, 7) is 0. The van der Waals surface area contributed by atoms with E-state index in [0.29, 0.717) is 24.8 Å². The van der Waals surface area contributed by atoms with Crippen LogP contribution in [-0.2, 0) is 9.53 Å². The summed E-state index contributed by atoms with van der Waals surface area (Å²) >= 11 is 0. The van der Waals surface area contributed by atoms with Crippen molar-refractivity contribution in [2.24, 2.45) is 0 Å². The molecule has 1 unspecified atom stereocenters. The average Bonchev–Trinajstić information content (AvgIpc) is 2.05. The highest BCUT2D eigenvalue weighted by atomic mass is 19.1. The van der Waals surface area contributed by atoms with Gasteiger partial charge < -0.3 is 4.74 Å².